The molecule has 2 aliphatic rings. The Hall–Kier alpha value is -2.13. The molecule has 0 spiro atoms. The number of carbonyl (C=O) groups is 1. The van der Waals surface area contributed by atoms with E-state index in [1.165, 1.54) is 36.9 Å². The number of hydrogen-bond acceptors (Lipinski definition) is 2. The number of fused-ring (bicyclic) bond motifs is 1. The Morgan fingerprint density at radius 3 is 2.40 bits per heavy atom. The molecule has 3 nitrogen and oxygen atoms in total. The van der Waals surface area contributed by atoms with Crippen molar-refractivity contribution in [2.75, 3.05) is 18.4 Å². The Morgan fingerprint density at radius 2 is 1.72 bits per heavy atom. The first kappa shape index (κ1) is 16.3. The Kier molecular flexibility index (Phi) is 4.58. The van der Waals surface area contributed by atoms with E-state index in [-0.39, 0.29) is 5.91 Å². The molecule has 2 aromatic carbocycles. The molecule has 0 saturated heterocycles. The summed E-state index contributed by atoms with van der Waals surface area (Å²) in [7, 11) is 0. The lowest BCUT2D eigenvalue weighted by molar-refractivity contribution is 0.102. The zero-order valence-corrected chi connectivity index (χ0v) is 14.9. The Morgan fingerprint density at radius 1 is 1.00 bits per heavy atom. The van der Waals surface area contributed by atoms with Gasteiger partial charge in [-0.05, 0) is 68.0 Å². The summed E-state index contributed by atoms with van der Waals surface area (Å²) >= 11 is 0. The van der Waals surface area contributed by atoms with E-state index in [9.17, 15) is 4.79 Å². The SMILES string of the molecule is Cc1ccc(C(=O)Nc2ccc3c(c2)CCN(C2CCC2)CC3)cc1. The molecule has 1 amide bonds. The lowest BCUT2D eigenvalue weighted by atomic mass is 9.91. The average Bonchev–Trinajstić information content (AvgIpc) is 2.77. The van der Waals surface area contributed by atoms with Crippen molar-refractivity contribution in [3.63, 3.8) is 0 Å². The Bertz CT molecular complexity index is 762. The van der Waals surface area contributed by atoms with Gasteiger partial charge in [-0.2, -0.15) is 0 Å². The fraction of sp³-hybridized carbons (Fsp3) is 0.409. The number of benzene rings is 2. The molecule has 130 valence electrons. The first-order valence-electron chi connectivity index (χ1n) is 9.43. The maximum atomic E-state index is 12.4. The summed E-state index contributed by atoms with van der Waals surface area (Å²) in [5.41, 5.74) is 5.61. The van der Waals surface area contributed by atoms with Crippen LogP contribution in [0.25, 0.3) is 0 Å². The zero-order chi connectivity index (χ0) is 17.2. The molecular weight excluding hydrogens is 308 g/mol. The predicted octanol–water partition coefficient (Wildman–Crippen LogP) is 4.20. The number of aryl methyl sites for hydroxylation is 1. The summed E-state index contributed by atoms with van der Waals surface area (Å²) < 4.78 is 0. The summed E-state index contributed by atoms with van der Waals surface area (Å²) in [5.74, 6) is -0.0373. The molecule has 1 N–H and O–H groups in total. The minimum atomic E-state index is -0.0373. The molecule has 4 rings (SSSR count). The highest BCUT2D eigenvalue weighted by atomic mass is 16.1. The molecule has 1 aliphatic heterocycles. The molecule has 1 fully saturated rings. The van der Waals surface area contributed by atoms with Gasteiger partial charge < -0.3 is 5.32 Å². The molecule has 0 atom stereocenters. The van der Waals surface area contributed by atoms with Crippen LogP contribution in [0.3, 0.4) is 0 Å². The summed E-state index contributed by atoms with van der Waals surface area (Å²) in [6.07, 6.45) is 6.34. The van der Waals surface area contributed by atoms with Crippen molar-refractivity contribution in [2.24, 2.45) is 0 Å². The normalized spacial score (nSPS) is 18.1. The number of rotatable bonds is 3. The van der Waals surface area contributed by atoms with Crippen LogP contribution < -0.4 is 5.32 Å². The van der Waals surface area contributed by atoms with E-state index in [4.69, 9.17) is 0 Å². The van der Waals surface area contributed by atoms with Gasteiger partial charge in [-0.1, -0.05) is 30.2 Å². The van der Waals surface area contributed by atoms with Gasteiger partial charge in [0.1, 0.15) is 0 Å². The molecule has 1 heterocycles. The van der Waals surface area contributed by atoms with E-state index in [1.54, 1.807) is 0 Å². The highest BCUT2D eigenvalue weighted by molar-refractivity contribution is 6.04. The Labute approximate surface area is 150 Å². The van der Waals surface area contributed by atoms with E-state index >= 15 is 0 Å². The van der Waals surface area contributed by atoms with E-state index in [1.807, 2.05) is 37.3 Å². The first-order chi connectivity index (χ1) is 12.2. The van der Waals surface area contributed by atoms with Crippen LogP contribution in [0.5, 0.6) is 0 Å². The maximum absolute atomic E-state index is 12.4. The van der Waals surface area contributed by atoms with E-state index < -0.39 is 0 Å². The van der Waals surface area contributed by atoms with Crippen molar-refractivity contribution in [3.8, 4) is 0 Å². The fourth-order valence-electron chi connectivity index (χ4n) is 3.85. The highest BCUT2D eigenvalue weighted by Crippen LogP contribution is 2.28. The second-order valence-corrected chi connectivity index (χ2v) is 7.42. The van der Waals surface area contributed by atoms with Gasteiger partial charge in [-0.15, -0.1) is 0 Å². The smallest absolute Gasteiger partial charge is 0.255 e. The highest BCUT2D eigenvalue weighted by Gasteiger charge is 2.26. The molecule has 0 radical (unpaired) electrons. The van der Waals surface area contributed by atoms with E-state index in [0.717, 1.165) is 36.7 Å². The van der Waals surface area contributed by atoms with Gasteiger partial charge >= 0.3 is 0 Å². The summed E-state index contributed by atoms with van der Waals surface area (Å²) in [6.45, 7) is 4.35. The van der Waals surface area contributed by atoms with Crippen LogP contribution in [-0.2, 0) is 12.8 Å². The third-order valence-electron chi connectivity index (χ3n) is 5.71. The number of carbonyl (C=O) groups excluding carboxylic acids is 1. The van der Waals surface area contributed by atoms with Crippen LogP contribution in [0, 0.1) is 6.92 Å². The molecule has 2 aromatic rings. The van der Waals surface area contributed by atoms with Crippen molar-refractivity contribution >= 4 is 11.6 Å². The van der Waals surface area contributed by atoms with Crippen molar-refractivity contribution in [3.05, 3.63) is 64.7 Å². The second-order valence-electron chi connectivity index (χ2n) is 7.42. The lowest BCUT2D eigenvalue weighted by Crippen LogP contribution is -2.41. The van der Waals surface area contributed by atoms with Crippen molar-refractivity contribution < 1.29 is 4.79 Å². The topological polar surface area (TPSA) is 32.3 Å². The molecule has 25 heavy (non-hydrogen) atoms. The zero-order valence-electron chi connectivity index (χ0n) is 14.9. The predicted molar refractivity (Wildman–Crippen MR) is 102 cm³/mol. The van der Waals surface area contributed by atoms with Gasteiger partial charge in [0.2, 0.25) is 0 Å². The quantitative estimate of drug-likeness (QED) is 0.912. The number of nitrogens with one attached hydrogen (secondary N) is 1. The van der Waals surface area contributed by atoms with Crippen LogP contribution in [0.4, 0.5) is 5.69 Å². The van der Waals surface area contributed by atoms with Crippen LogP contribution in [-0.4, -0.2) is 29.9 Å². The van der Waals surface area contributed by atoms with Gasteiger partial charge in [-0.25, -0.2) is 0 Å². The van der Waals surface area contributed by atoms with Crippen LogP contribution >= 0.6 is 0 Å². The van der Waals surface area contributed by atoms with Gasteiger partial charge in [-0.3, -0.25) is 9.69 Å². The van der Waals surface area contributed by atoms with E-state index in [2.05, 4.69) is 22.3 Å². The molecule has 0 aromatic heterocycles. The molecule has 0 unspecified atom stereocenters. The third kappa shape index (κ3) is 3.62. The van der Waals surface area contributed by atoms with Crippen LogP contribution in [0.15, 0.2) is 42.5 Å². The monoisotopic (exact) mass is 334 g/mol. The second kappa shape index (κ2) is 7.01. The van der Waals surface area contributed by atoms with E-state index in [0.29, 0.717) is 5.56 Å². The molecule has 3 heteroatoms. The van der Waals surface area contributed by atoms with Crippen molar-refractivity contribution in [1.29, 1.82) is 0 Å². The minimum absolute atomic E-state index is 0.0373. The maximum Gasteiger partial charge on any atom is 0.255 e. The molecule has 1 saturated carbocycles. The van der Waals surface area contributed by atoms with Crippen LogP contribution in [0.1, 0.15) is 46.3 Å². The van der Waals surface area contributed by atoms with Gasteiger partial charge in [0.25, 0.3) is 5.91 Å². The fourth-order valence-corrected chi connectivity index (χ4v) is 3.85. The van der Waals surface area contributed by atoms with Gasteiger partial charge in [0.15, 0.2) is 0 Å². The van der Waals surface area contributed by atoms with Crippen molar-refractivity contribution in [1.82, 2.24) is 4.90 Å². The Balaban J connectivity index is 1.45. The largest absolute Gasteiger partial charge is 0.322 e. The van der Waals surface area contributed by atoms with Gasteiger partial charge in [0, 0.05) is 30.4 Å². The summed E-state index contributed by atoms with van der Waals surface area (Å²) in [5, 5.41) is 3.05. The summed E-state index contributed by atoms with van der Waals surface area (Å²) in [6, 6.07) is 14.9. The lowest BCUT2D eigenvalue weighted by Gasteiger charge is -2.36. The molecule has 1 aliphatic carbocycles. The number of anilines is 1. The minimum Gasteiger partial charge on any atom is -0.322 e. The first-order valence-corrected chi connectivity index (χ1v) is 9.43. The number of hydrogen-bond donors (Lipinski definition) is 1. The number of nitrogens with zero attached hydrogens (tertiary/aromatic N) is 1. The van der Waals surface area contributed by atoms with Gasteiger partial charge in [0.05, 0.1) is 0 Å². The van der Waals surface area contributed by atoms with Crippen LogP contribution in [0.2, 0.25) is 0 Å². The third-order valence-corrected chi connectivity index (χ3v) is 5.71. The molecule has 0 bridgehead atoms. The van der Waals surface area contributed by atoms with Crippen molar-refractivity contribution in [2.45, 2.75) is 45.1 Å². The number of amides is 1. The summed E-state index contributed by atoms with van der Waals surface area (Å²) in [4.78, 5) is 15.1. The standard InChI is InChI=1S/C22H26N2O/c1-16-5-7-18(8-6-16)22(25)23-20-10-9-17-11-13-24(21-3-2-4-21)14-12-19(17)15-20/h5-10,15,21H,2-4,11-14H2,1H3,(H,23,25). The molecular formula is C22H26N2O. The average molecular weight is 334 g/mol.